The van der Waals surface area contributed by atoms with E-state index in [0.29, 0.717) is 11.1 Å². The summed E-state index contributed by atoms with van der Waals surface area (Å²) in [6, 6.07) is 32.4. The van der Waals surface area contributed by atoms with Crippen molar-refractivity contribution in [2.75, 3.05) is 0 Å². The Balaban J connectivity index is 0.00000306. The van der Waals surface area contributed by atoms with Crippen LogP contribution in [0.25, 0.3) is 35.4 Å². The second-order valence-corrected chi connectivity index (χ2v) is 8.66. The molecule has 0 aliphatic heterocycles. The van der Waals surface area contributed by atoms with Crippen molar-refractivity contribution in [1.29, 1.82) is 0 Å². The van der Waals surface area contributed by atoms with E-state index in [0.717, 1.165) is 22.3 Å². The zero-order chi connectivity index (χ0) is 22.4. The summed E-state index contributed by atoms with van der Waals surface area (Å²) in [5, 5.41) is 0. The van der Waals surface area contributed by atoms with Crippen molar-refractivity contribution in [1.82, 2.24) is 0 Å². The summed E-state index contributed by atoms with van der Waals surface area (Å²) in [7, 11) is -4.43. The standard InChI is InChI=1S/C28H22O3S.2Na.2H/c29-32(30,31)28-21-20-25(24-14-8-3-9-15-24)26(18-16-22-10-4-1-5-11-22)27(28)19-17-23-12-6-2-7-13-23;;;;/h1-21H,(H,29,30,31);;;;/q;2*+1;2*-1. The van der Waals surface area contributed by atoms with Crippen molar-refractivity contribution >= 4 is 34.4 Å². The van der Waals surface area contributed by atoms with Crippen LogP contribution in [0.5, 0.6) is 0 Å². The van der Waals surface area contributed by atoms with Gasteiger partial charge in [-0.1, -0.05) is 121 Å². The Morgan fingerprint density at radius 1 is 0.559 bits per heavy atom. The van der Waals surface area contributed by atoms with Crippen LogP contribution in [-0.2, 0) is 10.1 Å². The summed E-state index contributed by atoms with van der Waals surface area (Å²) < 4.78 is 34.4. The Morgan fingerprint density at radius 3 is 1.47 bits per heavy atom. The van der Waals surface area contributed by atoms with Gasteiger partial charge in [-0.05, 0) is 33.9 Å². The van der Waals surface area contributed by atoms with E-state index in [4.69, 9.17) is 0 Å². The molecule has 0 saturated heterocycles. The first kappa shape index (κ1) is 28.5. The van der Waals surface area contributed by atoms with Crippen LogP contribution >= 0.6 is 0 Å². The Bertz CT molecular complexity index is 1380. The van der Waals surface area contributed by atoms with Crippen molar-refractivity contribution in [3.05, 3.63) is 125 Å². The van der Waals surface area contributed by atoms with Crippen molar-refractivity contribution in [2.24, 2.45) is 0 Å². The third kappa shape index (κ3) is 7.38. The average molecular weight is 487 g/mol. The smallest absolute Gasteiger partial charge is 1.00 e. The molecule has 0 heterocycles. The van der Waals surface area contributed by atoms with Crippen LogP contribution < -0.4 is 59.1 Å². The third-order valence-electron chi connectivity index (χ3n) is 5.09. The van der Waals surface area contributed by atoms with Crippen molar-refractivity contribution < 1.29 is 74.9 Å². The second-order valence-electron chi connectivity index (χ2n) is 7.27. The van der Waals surface area contributed by atoms with Gasteiger partial charge in [-0.3, -0.25) is 4.55 Å². The van der Waals surface area contributed by atoms with E-state index in [2.05, 4.69) is 0 Å². The summed E-state index contributed by atoms with van der Waals surface area (Å²) in [5.74, 6) is 0. The van der Waals surface area contributed by atoms with Crippen LogP contribution in [0.4, 0.5) is 0 Å². The maximum atomic E-state index is 12.2. The van der Waals surface area contributed by atoms with Gasteiger partial charge in [-0.15, -0.1) is 0 Å². The fourth-order valence-corrected chi connectivity index (χ4v) is 4.25. The normalized spacial score (nSPS) is 11.2. The van der Waals surface area contributed by atoms with E-state index < -0.39 is 10.1 Å². The summed E-state index contributed by atoms with van der Waals surface area (Å²) >= 11 is 0. The van der Waals surface area contributed by atoms with Gasteiger partial charge in [0.2, 0.25) is 0 Å². The largest absolute Gasteiger partial charge is 1.00 e. The molecule has 162 valence electrons. The molecule has 4 rings (SSSR count). The number of benzene rings is 4. The van der Waals surface area contributed by atoms with E-state index in [1.54, 1.807) is 12.1 Å². The summed E-state index contributed by atoms with van der Waals surface area (Å²) in [4.78, 5) is -0.128. The quantitative estimate of drug-likeness (QED) is 0.253. The molecule has 0 spiro atoms. The van der Waals surface area contributed by atoms with Crippen molar-refractivity contribution in [3.8, 4) is 11.1 Å². The molecule has 1 N–H and O–H groups in total. The van der Waals surface area contributed by atoms with Gasteiger partial charge in [0, 0.05) is 5.56 Å². The molecular weight excluding hydrogens is 462 g/mol. The summed E-state index contributed by atoms with van der Waals surface area (Å²) in [6.45, 7) is 0. The molecule has 0 amide bonds. The van der Waals surface area contributed by atoms with Gasteiger partial charge in [-0.2, -0.15) is 8.42 Å². The zero-order valence-corrected chi connectivity index (χ0v) is 24.1. The number of hydrogen-bond donors (Lipinski definition) is 1. The Hall–Kier alpha value is -1.73. The molecule has 0 radical (unpaired) electrons. The molecule has 0 aromatic heterocycles. The third-order valence-corrected chi connectivity index (χ3v) is 6.01. The SMILES string of the molecule is O=S(=O)(O)c1ccc(-c2ccccc2)c(C=Cc2ccccc2)c1C=Cc1ccccc1.[H-].[H-].[Na+].[Na+]. The minimum absolute atomic E-state index is 0. The molecule has 6 heteroatoms. The minimum Gasteiger partial charge on any atom is -1.00 e. The van der Waals surface area contributed by atoms with E-state index in [1.165, 1.54) is 6.07 Å². The van der Waals surface area contributed by atoms with Gasteiger partial charge in [0.15, 0.2) is 0 Å². The number of hydrogen-bond acceptors (Lipinski definition) is 2. The molecular formula is C28H24Na2O3S. The van der Waals surface area contributed by atoms with Crippen LogP contribution in [0.15, 0.2) is 108 Å². The van der Waals surface area contributed by atoms with E-state index >= 15 is 0 Å². The maximum Gasteiger partial charge on any atom is 1.00 e. The van der Waals surface area contributed by atoms with Crippen LogP contribution in [0.2, 0.25) is 0 Å². The van der Waals surface area contributed by atoms with Gasteiger partial charge < -0.3 is 2.85 Å². The van der Waals surface area contributed by atoms with E-state index in [1.807, 2.05) is 109 Å². The van der Waals surface area contributed by atoms with Crippen molar-refractivity contribution in [2.45, 2.75) is 4.90 Å². The number of rotatable bonds is 6. The van der Waals surface area contributed by atoms with Gasteiger partial charge >= 0.3 is 59.1 Å². The van der Waals surface area contributed by atoms with Crippen molar-refractivity contribution in [3.63, 3.8) is 0 Å². The Morgan fingerprint density at radius 2 is 1.00 bits per heavy atom. The maximum absolute atomic E-state index is 12.2. The molecule has 3 nitrogen and oxygen atoms in total. The van der Waals surface area contributed by atoms with Gasteiger partial charge in [0.1, 0.15) is 4.90 Å². The Labute approximate surface area is 248 Å². The molecule has 0 bridgehead atoms. The molecule has 34 heavy (non-hydrogen) atoms. The molecule has 4 aromatic carbocycles. The van der Waals surface area contributed by atoms with Gasteiger partial charge in [0.25, 0.3) is 10.1 Å². The Kier molecular flexibility index (Phi) is 11.2. The topological polar surface area (TPSA) is 54.4 Å². The first-order chi connectivity index (χ1) is 15.5. The fraction of sp³-hybridized carbons (Fsp3) is 0. The zero-order valence-electron chi connectivity index (χ0n) is 21.3. The minimum atomic E-state index is -4.43. The summed E-state index contributed by atoms with van der Waals surface area (Å²) in [5.41, 5.74) is 4.89. The van der Waals surface area contributed by atoms with E-state index in [9.17, 15) is 13.0 Å². The molecule has 0 fully saturated rings. The average Bonchev–Trinajstić information content (AvgIpc) is 2.82. The van der Waals surface area contributed by atoms with Crippen LogP contribution in [0.3, 0.4) is 0 Å². The molecule has 0 unspecified atom stereocenters. The molecule has 4 aromatic rings. The van der Waals surface area contributed by atoms with Gasteiger partial charge in [0.05, 0.1) is 0 Å². The summed E-state index contributed by atoms with van der Waals surface area (Å²) in [6.07, 6.45) is 7.43. The van der Waals surface area contributed by atoms with Crippen LogP contribution in [0, 0.1) is 0 Å². The first-order valence-electron chi connectivity index (χ1n) is 10.2. The van der Waals surface area contributed by atoms with Crippen LogP contribution in [-0.4, -0.2) is 13.0 Å². The molecule has 0 aliphatic rings. The molecule has 0 atom stereocenters. The molecule has 0 saturated carbocycles. The fourth-order valence-electron chi connectivity index (χ4n) is 3.55. The second kappa shape index (κ2) is 13.4. The van der Waals surface area contributed by atoms with Gasteiger partial charge in [-0.25, -0.2) is 0 Å². The van der Waals surface area contributed by atoms with E-state index in [-0.39, 0.29) is 66.9 Å². The van der Waals surface area contributed by atoms with Crippen LogP contribution in [0.1, 0.15) is 25.1 Å². The predicted octanol–water partition coefficient (Wildman–Crippen LogP) is 1.17. The first-order valence-corrected chi connectivity index (χ1v) is 11.6. The monoisotopic (exact) mass is 486 g/mol. The molecule has 0 aliphatic carbocycles. The predicted molar refractivity (Wildman–Crippen MR) is 135 cm³/mol.